The summed E-state index contributed by atoms with van der Waals surface area (Å²) in [6.07, 6.45) is 4.08. The first-order valence-corrected chi connectivity index (χ1v) is 5.76. The third kappa shape index (κ3) is 1.64. The summed E-state index contributed by atoms with van der Waals surface area (Å²) in [6, 6.07) is 7.86. The fourth-order valence-electron chi connectivity index (χ4n) is 2.13. The molecule has 0 fully saturated rings. The van der Waals surface area contributed by atoms with Crippen LogP contribution in [0.15, 0.2) is 34.8 Å². The van der Waals surface area contributed by atoms with Crippen molar-refractivity contribution in [2.45, 2.75) is 18.9 Å². The highest BCUT2D eigenvalue weighted by atomic mass is 35.5. The van der Waals surface area contributed by atoms with Gasteiger partial charge in [-0.2, -0.15) is 0 Å². The highest BCUT2D eigenvalue weighted by Gasteiger charge is 2.16. The summed E-state index contributed by atoms with van der Waals surface area (Å²) in [5, 5.41) is 1.78. The maximum absolute atomic E-state index is 5.93. The van der Waals surface area contributed by atoms with Crippen LogP contribution in [0.5, 0.6) is 0 Å². The molecular weight excluding hydrogens is 222 g/mol. The number of allylic oxidation sites excluding steroid dienone is 1. The van der Waals surface area contributed by atoms with Gasteiger partial charge in [-0.3, -0.25) is 0 Å². The van der Waals surface area contributed by atoms with E-state index in [1.54, 1.807) is 0 Å². The summed E-state index contributed by atoms with van der Waals surface area (Å²) in [5.74, 6) is 0.921. The van der Waals surface area contributed by atoms with Crippen LogP contribution in [0.2, 0.25) is 5.02 Å². The fraction of sp³-hybridized carbons (Fsp3) is 0.231. The van der Waals surface area contributed by atoms with Crippen molar-refractivity contribution < 1.29 is 4.42 Å². The molecule has 1 aliphatic carbocycles. The van der Waals surface area contributed by atoms with Crippen LogP contribution in [-0.4, -0.2) is 6.04 Å². The van der Waals surface area contributed by atoms with Crippen molar-refractivity contribution in [3.63, 3.8) is 0 Å². The molecule has 1 aromatic carbocycles. The van der Waals surface area contributed by atoms with E-state index in [1.807, 2.05) is 24.3 Å². The Hall–Kier alpha value is -1.25. The van der Waals surface area contributed by atoms with Gasteiger partial charge in [0.1, 0.15) is 11.3 Å². The van der Waals surface area contributed by atoms with E-state index >= 15 is 0 Å². The summed E-state index contributed by atoms with van der Waals surface area (Å²) in [4.78, 5) is 0. The number of benzene rings is 1. The summed E-state index contributed by atoms with van der Waals surface area (Å²) < 4.78 is 5.77. The normalized spacial score (nSPS) is 20.4. The lowest BCUT2D eigenvalue weighted by Gasteiger charge is -1.93. The van der Waals surface area contributed by atoms with Crippen LogP contribution in [0.25, 0.3) is 16.5 Å². The lowest BCUT2D eigenvalue weighted by molar-refractivity contribution is 0.597. The predicted molar refractivity (Wildman–Crippen MR) is 66.4 cm³/mol. The highest BCUT2D eigenvalue weighted by Crippen LogP contribution is 2.32. The second-order valence-corrected chi connectivity index (χ2v) is 4.62. The topological polar surface area (TPSA) is 39.2 Å². The number of hydrogen-bond acceptors (Lipinski definition) is 2. The van der Waals surface area contributed by atoms with Crippen LogP contribution in [0.4, 0.5) is 0 Å². The minimum Gasteiger partial charge on any atom is -0.456 e. The van der Waals surface area contributed by atoms with Gasteiger partial charge >= 0.3 is 0 Å². The number of nitrogens with two attached hydrogens (primary N) is 1. The van der Waals surface area contributed by atoms with E-state index in [4.69, 9.17) is 21.8 Å². The van der Waals surface area contributed by atoms with Crippen molar-refractivity contribution in [3.8, 4) is 0 Å². The first kappa shape index (κ1) is 9.94. The maximum Gasteiger partial charge on any atom is 0.134 e. The quantitative estimate of drug-likeness (QED) is 0.818. The van der Waals surface area contributed by atoms with Crippen LogP contribution in [-0.2, 0) is 0 Å². The molecule has 2 aromatic rings. The van der Waals surface area contributed by atoms with Gasteiger partial charge in [0.15, 0.2) is 0 Å². The molecule has 16 heavy (non-hydrogen) atoms. The van der Waals surface area contributed by atoms with Gasteiger partial charge in [-0.1, -0.05) is 17.7 Å². The second kappa shape index (κ2) is 3.65. The van der Waals surface area contributed by atoms with Crippen molar-refractivity contribution in [3.05, 3.63) is 41.1 Å². The monoisotopic (exact) mass is 233 g/mol. The number of fused-ring (bicyclic) bond motifs is 1. The molecule has 3 heteroatoms. The van der Waals surface area contributed by atoms with Crippen LogP contribution in [0.1, 0.15) is 18.6 Å². The predicted octanol–water partition coefficient (Wildman–Crippen LogP) is 3.59. The minimum absolute atomic E-state index is 0.173. The van der Waals surface area contributed by atoms with Gasteiger partial charge in [0.25, 0.3) is 0 Å². The molecule has 1 atom stereocenters. The molecule has 0 aliphatic heterocycles. The van der Waals surface area contributed by atoms with Crippen molar-refractivity contribution in [1.82, 2.24) is 0 Å². The zero-order chi connectivity index (χ0) is 11.1. The van der Waals surface area contributed by atoms with Crippen LogP contribution in [0.3, 0.4) is 0 Å². The average Bonchev–Trinajstić information content (AvgIpc) is 2.83. The Morgan fingerprint density at radius 3 is 2.94 bits per heavy atom. The van der Waals surface area contributed by atoms with Crippen LogP contribution < -0.4 is 5.73 Å². The van der Waals surface area contributed by atoms with Gasteiger partial charge in [-0.15, -0.1) is 0 Å². The molecular formula is C13H12ClNO. The number of furan rings is 1. The van der Waals surface area contributed by atoms with Crippen LogP contribution in [0, 0.1) is 0 Å². The van der Waals surface area contributed by atoms with Gasteiger partial charge < -0.3 is 10.2 Å². The highest BCUT2D eigenvalue weighted by molar-refractivity contribution is 6.31. The third-order valence-electron chi connectivity index (χ3n) is 2.96. The van der Waals surface area contributed by atoms with Crippen molar-refractivity contribution >= 4 is 28.1 Å². The first-order valence-electron chi connectivity index (χ1n) is 5.38. The summed E-state index contributed by atoms with van der Waals surface area (Å²) in [5.41, 5.74) is 7.93. The Kier molecular flexibility index (Phi) is 2.27. The van der Waals surface area contributed by atoms with Crippen LogP contribution >= 0.6 is 11.6 Å². The van der Waals surface area contributed by atoms with E-state index in [0.717, 1.165) is 34.6 Å². The summed E-state index contributed by atoms with van der Waals surface area (Å²) in [6.45, 7) is 0. The number of rotatable bonds is 1. The maximum atomic E-state index is 5.93. The molecule has 1 heterocycles. The molecule has 82 valence electrons. The SMILES string of the molecule is NC1C=C(c2cc3cc(Cl)ccc3o2)CC1. The molecule has 0 saturated heterocycles. The molecule has 0 bridgehead atoms. The largest absolute Gasteiger partial charge is 0.456 e. The van der Waals surface area contributed by atoms with E-state index in [9.17, 15) is 0 Å². The van der Waals surface area contributed by atoms with Gasteiger partial charge in [-0.05, 0) is 42.7 Å². The average molecular weight is 234 g/mol. The Bertz CT molecular complexity index is 570. The second-order valence-electron chi connectivity index (χ2n) is 4.19. The van der Waals surface area contributed by atoms with Crippen molar-refractivity contribution in [1.29, 1.82) is 0 Å². The third-order valence-corrected chi connectivity index (χ3v) is 3.19. The minimum atomic E-state index is 0.173. The number of halogens is 1. The van der Waals surface area contributed by atoms with Crippen molar-refractivity contribution in [2.24, 2.45) is 5.73 Å². The molecule has 0 amide bonds. The molecule has 1 unspecified atom stereocenters. The van der Waals surface area contributed by atoms with Gasteiger partial charge in [0, 0.05) is 16.5 Å². The Morgan fingerprint density at radius 2 is 2.19 bits per heavy atom. The Balaban J connectivity index is 2.09. The lowest BCUT2D eigenvalue weighted by atomic mass is 10.1. The number of hydrogen-bond donors (Lipinski definition) is 1. The van der Waals surface area contributed by atoms with Gasteiger partial charge in [0.05, 0.1) is 0 Å². The Morgan fingerprint density at radius 1 is 1.31 bits per heavy atom. The lowest BCUT2D eigenvalue weighted by Crippen LogP contribution is -2.11. The van der Waals surface area contributed by atoms with E-state index < -0.39 is 0 Å². The van der Waals surface area contributed by atoms with E-state index in [0.29, 0.717) is 0 Å². The van der Waals surface area contributed by atoms with Gasteiger partial charge in [-0.25, -0.2) is 0 Å². The van der Waals surface area contributed by atoms with E-state index in [-0.39, 0.29) is 6.04 Å². The Labute approximate surface area is 98.7 Å². The molecule has 1 aliphatic rings. The molecule has 2 N–H and O–H groups in total. The fourth-order valence-corrected chi connectivity index (χ4v) is 2.31. The van der Waals surface area contributed by atoms with Gasteiger partial charge in [0.2, 0.25) is 0 Å². The zero-order valence-corrected chi connectivity index (χ0v) is 9.50. The first-order chi connectivity index (χ1) is 7.72. The summed E-state index contributed by atoms with van der Waals surface area (Å²) >= 11 is 5.93. The van der Waals surface area contributed by atoms with Crippen molar-refractivity contribution in [2.75, 3.05) is 0 Å². The molecule has 2 nitrogen and oxygen atoms in total. The smallest absolute Gasteiger partial charge is 0.134 e. The molecule has 0 spiro atoms. The standard InChI is InChI=1S/C13H12ClNO/c14-10-2-4-12-9(5-10)7-13(16-12)8-1-3-11(15)6-8/h2,4-7,11H,1,3,15H2. The molecule has 1 aromatic heterocycles. The van der Waals surface area contributed by atoms with E-state index in [2.05, 4.69) is 6.08 Å². The zero-order valence-electron chi connectivity index (χ0n) is 8.74. The van der Waals surface area contributed by atoms with E-state index in [1.165, 1.54) is 5.57 Å². The summed E-state index contributed by atoms with van der Waals surface area (Å²) in [7, 11) is 0. The molecule has 3 rings (SSSR count). The molecule has 0 radical (unpaired) electrons. The molecule has 0 saturated carbocycles.